The van der Waals surface area contributed by atoms with Gasteiger partial charge < -0.3 is 15.1 Å². The number of nitrogens with one attached hydrogen (secondary N) is 1. The molecule has 1 amide bonds. The Hall–Kier alpha value is -1.71. The molecule has 1 atom stereocenters. The molecule has 0 aromatic heterocycles. The third kappa shape index (κ3) is 2.74. The largest absolute Gasteiger partial charge is 0.382 e. The molecule has 0 radical (unpaired) electrons. The molecule has 1 N–H and O–H groups in total. The van der Waals surface area contributed by atoms with Crippen LogP contribution >= 0.6 is 0 Å². The van der Waals surface area contributed by atoms with Crippen molar-refractivity contribution in [3.63, 3.8) is 0 Å². The van der Waals surface area contributed by atoms with E-state index in [1.165, 1.54) is 6.42 Å². The molecule has 1 saturated heterocycles. The summed E-state index contributed by atoms with van der Waals surface area (Å²) in [5, 5.41) is 3.39. The second-order valence-corrected chi connectivity index (χ2v) is 5.95. The van der Waals surface area contributed by atoms with Crippen molar-refractivity contribution >= 4 is 17.3 Å². The van der Waals surface area contributed by atoms with Crippen LogP contribution in [0.4, 0.5) is 11.4 Å². The second kappa shape index (κ2) is 5.73. The molecule has 0 aliphatic carbocycles. The van der Waals surface area contributed by atoms with Crippen LogP contribution in [-0.4, -0.2) is 43.5 Å². The third-order valence-corrected chi connectivity index (χ3v) is 4.28. The zero-order valence-corrected chi connectivity index (χ0v) is 12.1. The first-order valence-corrected chi connectivity index (χ1v) is 7.59. The Morgan fingerprint density at radius 1 is 1.35 bits per heavy atom. The van der Waals surface area contributed by atoms with Crippen molar-refractivity contribution in [1.29, 1.82) is 0 Å². The lowest BCUT2D eigenvalue weighted by Gasteiger charge is -2.35. The number of para-hydroxylation sites is 2. The van der Waals surface area contributed by atoms with Gasteiger partial charge in [0.15, 0.2) is 0 Å². The molecule has 1 unspecified atom stereocenters. The topological polar surface area (TPSA) is 35.6 Å². The molecule has 20 heavy (non-hydrogen) atoms. The van der Waals surface area contributed by atoms with Crippen molar-refractivity contribution in [3.05, 3.63) is 24.3 Å². The van der Waals surface area contributed by atoms with Crippen molar-refractivity contribution in [2.24, 2.45) is 5.92 Å². The van der Waals surface area contributed by atoms with Crippen LogP contribution in [0.15, 0.2) is 24.3 Å². The van der Waals surface area contributed by atoms with E-state index >= 15 is 0 Å². The lowest BCUT2D eigenvalue weighted by atomic mass is 10.0. The number of hydrogen-bond donors (Lipinski definition) is 1. The van der Waals surface area contributed by atoms with Gasteiger partial charge in [-0.1, -0.05) is 19.1 Å². The van der Waals surface area contributed by atoms with E-state index in [2.05, 4.69) is 29.3 Å². The highest BCUT2D eigenvalue weighted by Crippen LogP contribution is 2.28. The Labute approximate surface area is 120 Å². The van der Waals surface area contributed by atoms with Crippen LogP contribution in [0.2, 0.25) is 0 Å². The van der Waals surface area contributed by atoms with Gasteiger partial charge in [0.05, 0.1) is 17.9 Å². The van der Waals surface area contributed by atoms with Gasteiger partial charge in [-0.25, -0.2) is 0 Å². The van der Waals surface area contributed by atoms with Gasteiger partial charge in [-0.2, -0.15) is 0 Å². The maximum absolute atomic E-state index is 12.5. The Balaban J connectivity index is 1.68. The van der Waals surface area contributed by atoms with Crippen molar-refractivity contribution in [2.75, 3.05) is 42.9 Å². The van der Waals surface area contributed by atoms with E-state index in [1.54, 1.807) is 0 Å². The van der Waals surface area contributed by atoms with Crippen LogP contribution < -0.4 is 10.2 Å². The monoisotopic (exact) mass is 273 g/mol. The number of anilines is 2. The van der Waals surface area contributed by atoms with Crippen LogP contribution in [0, 0.1) is 5.92 Å². The first kappa shape index (κ1) is 13.3. The highest BCUT2D eigenvalue weighted by atomic mass is 16.2. The highest BCUT2D eigenvalue weighted by Gasteiger charge is 2.24. The minimum Gasteiger partial charge on any atom is -0.382 e. The molecule has 2 aliphatic rings. The summed E-state index contributed by atoms with van der Waals surface area (Å²) in [7, 11) is 0. The normalized spacial score (nSPS) is 22.1. The van der Waals surface area contributed by atoms with Crippen LogP contribution in [-0.2, 0) is 4.79 Å². The number of hydrogen-bond acceptors (Lipinski definition) is 3. The van der Waals surface area contributed by atoms with E-state index < -0.39 is 0 Å². The zero-order valence-electron chi connectivity index (χ0n) is 12.1. The predicted molar refractivity (Wildman–Crippen MR) is 82.1 cm³/mol. The fourth-order valence-electron chi connectivity index (χ4n) is 3.19. The first-order valence-electron chi connectivity index (χ1n) is 7.59. The number of carbonyl (C=O) groups excluding carboxylic acids is 1. The summed E-state index contributed by atoms with van der Waals surface area (Å²) >= 11 is 0. The van der Waals surface area contributed by atoms with Crippen LogP contribution in [0.25, 0.3) is 0 Å². The van der Waals surface area contributed by atoms with Crippen molar-refractivity contribution < 1.29 is 4.79 Å². The maximum Gasteiger partial charge on any atom is 0.242 e. The van der Waals surface area contributed by atoms with E-state index in [4.69, 9.17) is 0 Å². The predicted octanol–water partition coefficient (Wildman–Crippen LogP) is 2.18. The lowest BCUT2D eigenvalue weighted by molar-refractivity contribution is -0.131. The molecule has 0 bridgehead atoms. The third-order valence-electron chi connectivity index (χ3n) is 4.28. The standard InChI is InChI=1S/C16H23N3O/c1-13-5-4-9-19(11-13)16(20)12-18-10-8-17-14-6-2-3-7-15(14)18/h2-3,6-7,13,17H,4-5,8-12H2,1H3. The van der Waals surface area contributed by atoms with E-state index in [0.717, 1.165) is 44.0 Å². The van der Waals surface area contributed by atoms with Crippen molar-refractivity contribution in [3.8, 4) is 0 Å². The Bertz CT molecular complexity index is 488. The minimum atomic E-state index is 0.272. The molecule has 1 fully saturated rings. The van der Waals surface area contributed by atoms with Crippen LogP contribution in [0.3, 0.4) is 0 Å². The van der Waals surface area contributed by atoms with Crippen LogP contribution in [0.1, 0.15) is 19.8 Å². The van der Waals surface area contributed by atoms with Gasteiger partial charge in [0, 0.05) is 26.2 Å². The summed E-state index contributed by atoms with van der Waals surface area (Å²) in [4.78, 5) is 16.7. The SMILES string of the molecule is CC1CCCN(C(=O)CN2CCNc3ccccc32)C1. The maximum atomic E-state index is 12.5. The van der Waals surface area contributed by atoms with Gasteiger partial charge in [-0.05, 0) is 30.9 Å². The number of carbonyl (C=O) groups is 1. The molecule has 0 spiro atoms. The highest BCUT2D eigenvalue weighted by molar-refractivity contribution is 5.84. The van der Waals surface area contributed by atoms with E-state index in [1.807, 2.05) is 17.0 Å². The van der Waals surface area contributed by atoms with Gasteiger partial charge in [0.2, 0.25) is 5.91 Å². The molecule has 2 aliphatic heterocycles. The summed E-state index contributed by atoms with van der Waals surface area (Å²) < 4.78 is 0. The summed E-state index contributed by atoms with van der Waals surface area (Å²) in [6.45, 7) is 6.39. The lowest BCUT2D eigenvalue weighted by Crippen LogP contribution is -2.46. The fraction of sp³-hybridized carbons (Fsp3) is 0.562. The fourth-order valence-corrected chi connectivity index (χ4v) is 3.19. The smallest absolute Gasteiger partial charge is 0.242 e. The minimum absolute atomic E-state index is 0.272. The van der Waals surface area contributed by atoms with Gasteiger partial charge >= 0.3 is 0 Å². The number of nitrogens with zero attached hydrogens (tertiary/aromatic N) is 2. The van der Waals surface area contributed by atoms with E-state index in [-0.39, 0.29) is 5.91 Å². The zero-order chi connectivity index (χ0) is 13.9. The van der Waals surface area contributed by atoms with Gasteiger partial charge in [0.25, 0.3) is 0 Å². The average molecular weight is 273 g/mol. The number of rotatable bonds is 2. The first-order chi connectivity index (χ1) is 9.74. The molecule has 4 nitrogen and oxygen atoms in total. The molecule has 4 heteroatoms. The van der Waals surface area contributed by atoms with Gasteiger partial charge in [0.1, 0.15) is 0 Å². The molecular weight excluding hydrogens is 250 g/mol. The average Bonchev–Trinajstić information content (AvgIpc) is 2.47. The molecule has 0 saturated carbocycles. The molecule has 2 heterocycles. The number of likely N-dealkylation sites (tertiary alicyclic amines) is 1. The van der Waals surface area contributed by atoms with Crippen molar-refractivity contribution in [2.45, 2.75) is 19.8 Å². The Morgan fingerprint density at radius 3 is 3.05 bits per heavy atom. The number of amides is 1. The molecular formula is C16H23N3O. The second-order valence-electron chi connectivity index (χ2n) is 5.95. The quantitative estimate of drug-likeness (QED) is 0.897. The Morgan fingerprint density at radius 2 is 2.20 bits per heavy atom. The molecule has 108 valence electrons. The number of fused-ring (bicyclic) bond motifs is 1. The van der Waals surface area contributed by atoms with Crippen molar-refractivity contribution in [1.82, 2.24) is 4.90 Å². The molecule has 3 rings (SSSR count). The molecule has 1 aromatic rings. The van der Waals surface area contributed by atoms with E-state index in [9.17, 15) is 4.79 Å². The number of benzene rings is 1. The number of piperidine rings is 1. The van der Waals surface area contributed by atoms with E-state index in [0.29, 0.717) is 12.5 Å². The summed E-state index contributed by atoms with van der Waals surface area (Å²) in [6, 6.07) is 8.23. The van der Waals surface area contributed by atoms with Crippen LogP contribution in [0.5, 0.6) is 0 Å². The summed E-state index contributed by atoms with van der Waals surface area (Å²) in [5.41, 5.74) is 2.29. The van der Waals surface area contributed by atoms with Gasteiger partial charge in [-0.3, -0.25) is 4.79 Å². The van der Waals surface area contributed by atoms with Gasteiger partial charge in [-0.15, -0.1) is 0 Å². The molecule has 1 aromatic carbocycles. The summed E-state index contributed by atoms with van der Waals surface area (Å²) in [6.07, 6.45) is 2.39. The Kier molecular flexibility index (Phi) is 3.81. The summed E-state index contributed by atoms with van der Waals surface area (Å²) in [5.74, 6) is 0.913.